The highest BCUT2D eigenvalue weighted by molar-refractivity contribution is 5.53. The van der Waals surface area contributed by atoms with Crippen LogP contribution >= 0.6 is 0 Å². The van der Waals surface area contributed by atoms with Crippen LogP contribution in [0, 0.1) is 0 Å². The molecule has 2 aromatic rings. The molecule has 0 aliphatic rings. The summed E-state index contributed by atoms with van der Waals surface area (Å²) in [5.74, 6) is 1.20. The van der Waals surface area contributed by atoms with E-state index in [2.05, 4.69) is 10.1 Å². The zero-order valence-electron chi connectivity index (χ0n) is 8.55. The fraction of sp³-hybridized carbons (Fsp3) is 0.273. The van der Waals surface area contributed by atoms with E-state index in [0.717, 1.165) is 5.56 Å². The van der Waals surface area contributed by atoms with Crippen LogP contribution in [-0.2, 0) is 6.42 Å². The first-order valence-corrected chi connectivity index (χ1v) is 4.89. The lowest BCUT2D eigenvalue weighted by Crippen LogP contribution is -2.17. The van der Waals surface area contributed by atoms with Crippen molar-refractivity contribution in [3.63, 3.8) is 0 Å². The lowest BCUT2D eigenvalue weighted by Gasteiger charge is -1.96. The highest BCUT2D eigenvalue weighted by Gasteiger charge is 2.09. The van der Waals surface area contributed by atoms with E-state index in [1.165, 1.54) is 0 Å². The van der Waals surface area contributed by atoms with Gasteiger partial charge in [0.1, 0.15) is 0 Å². The molecule has 78 valence electrons. The molecule has 0 saturated carbocycles. The molecular weight excluding hydrogens is 190 g/mol. The Morgan fingerprint density at radius 1 is 1.33 bits per heavy atom. The van der Waals surface area contributed by atoms with Crippen molar-refractivity contribution < 1.29 is 4.52 Å². The largest absolute Gasteiger partial charge is 0.339 e. The van der Waals surface area contributed by atoms with Gasteiger partial charge in [-0.15, -0.1) is 0 Å². The topological polar surface area (TPSA) is 64.9 Å². The molecule has 0 unspecified atom stereocenters. The van der Waals surface area contributed by atoms with Crippen LogP contribution in [0.25, 0.3) is 11.4 Å². The molecule has 2 rings (SSSR count). The maximum atomic E-state index is 5.64. The molecule has 0 radical (unpaired) electrons. The number of hydrogen-bond donors (Lipinski definition) is 1. The van der Waals surface area contributed by atoms with Gasteiger partial charge in [0.2, 0.25) is 11.7 Å². The van der Waals surface area contributed by atoms with Crippen molar-refractivity contribution >= 4 is 0 Å². The first-order valence-electron chi connectivity index (χ1n) is 4.89. The van der Waals surface area contributed by atoms with Crippen molar-refractivity contribution in [1.82, 2.24) is 10.1 Å². The minimum absolute atomic E-state index is 0.0362. The fourth-order valence-electron chi connectivity index (χ4n) is 1.32. The van der Waals surface area contributed by atoms with Gasteiger partial charge in [-0.1, -0.05) is 35.5 Å². The van der Waals surface area contributed by atoms with E-state index in [-0.39, 0.29) is 6.04 Å². The summed E-state index contributed by atoms with van der Waals surface area (Å²) < 4.78 is 5.09. The first-order chi connectivity index (χ1) is 7.25. The monoisotopic (exact) mass is 203 g/mol. The quantitative estimate of drug-likeness (QED) is 0.823. The summed E-state index contributed by atoms with van der Waals surface area (Å²) in [5.41, 5.74) is 6.60. The lowest BCUT2D eigenvalue weighted by molar-refractivity contribution is 0.372. The summed E-state index contributed by atoms with van der Waals surface area (Å²) in [6.45, 7) is 1.91. The zero-order chi connectivity index (χ0) is 10.7. The summed E-state index contributed by atoms with van der Waals surface area (Å²) in [6.07, 6.45) is 0.611. The van der Waals surface area contributed by atoms with E-state index in [9.17, 15) is 0 Å². The van der Waals surface area contributed by atoms with Crippen molar-refractivity contribution in [1.29, 1.82) is 0 Å². The van der Waals surface area contributed by atoms with Gasteiger partial charge in [0.05, 0.1) is 0 Å². The van der Waals surface area contributed by atoms with E-state index >= 15 is 0 Å². The normalized spacial score (nSPS) is 12.7. The third-order valence-electron chi connectivity index (χ3n) is 2.00. The van der Waals surface area contributed by atoms with Crippen LogP contribution in [0.1, 0.15) is 12.8 Å². The molecule has 1 aromatic heterocycles. The Bertz CT molecular complexity index is 422. The van der Waals surface area contributed by atoms with Crippen LogP contribution in [0.4, 0.5) is 0 Å². The molecule has 0 spiro atoms. The smallest absolute Gasteiger partial charge is 0.228 e. The van der Waals surface area contributed by atoms with E-state index in [0.29, 0.717) is 18.1 Å². The molecule has 0 fully saturated rings. The molecule has 0 amide bonds. The van der Waals surface area contributed by atoms with Crippen LogP contribution < -0.4 is 5.73 Å². The minimum Gasteiger partial charge on any atom is -0.339 e. The van der Waals surface area contributed by atoms with Gasteiger partial charge in [-0.25, -0.2) is 0 Å². The van der Waals surface area contributed by atoms with Gasteiger partial charge in [-0.05, 0) is 6.92 Å². The van der Waals surface area contributed by atoms with Crippen LogP contribution in [-0.4, -0.2) is 16.2 Å². The number of hydrogen-bond acceptors (Lipinski definition) is 4. The molecule has 15 heavy (non-hydrogen) atoms. The second-order valence-electron chi connectivity index (χ2n) is 3.56. The summed E-state index contributed by atoms with van der Waals surface area (Å²) in [7, 11) is 0. The zero-order valence-corrected chi connectivity index (χ0v) is 8.55. The average Bonchev–Trinajstić information content (AvgIpc) is 2.67. The van der Waals surface area contributed by atoms with Crippen LogP contribution in [0.5, 0.6) is 0 Å². The molecule has 1 heterocycles. The molecule has 4 heteroatoms. The molecule has 0 bridgehead atoms. The molecule has 0 aliphatic heterocycles. The second kappa shape index (κ2) is 4.23. The van der Waals surface area contributed by atoms with Crippen LogP contribution in [0.3, 0.4) is 0 Å². The summed E-state index contributed by atoms with van der Waals surface area (Å²) in [5, 5.41) is 3.90. The number of rotatable bonds is 3. The van der Waals surface area contributed by atoms with Crippen molar-refractivity contribution in [2.75, 3.05) is 0 Å². The standard InChI is InChI=1S/C11H13N3O/c1-8(12)7-10-13-11(14-15-10)9-5-3-2-4-6-9/h2-6,8H,7,12H2,1H3/t8-/m1/s1. The fourth-order valence-corrected chi connectivity index (χ4v) is 1.32. The van der Waals surface area contributed by atoms with Gasteiger partial charge in [0.15, 0.2) is 0 Å². The number of benzene rings is 1. The van der Waals surface area contributed by atoms with E-state index in [1.54, 1.807) is 0 Å². The van der Waals surface area contributed by atoms with Gasteiger partial charge < -0.3 is 10.3 Å². The Morgan fingerprint density at radius 2 is 2.07 bits per heavy atom. The van der Waals surface area contributed by atoms with Crippen LogP contribution in [0.2, 0.25) is 0 Å². The second-order valence-corrected chi connectivity index (χ2v) is 3.56. The Balaban J connectivity index is 2.21. The third kappa shape index (κ3) is 2.41. The maximum absolute atomic E-state index is 5.64. The van der Waals surface area contributed by atoms with Gasteiger partial charge in [-0.2, -0.15) is 4.98 Å². The van der Waals surface area contributed by atoms with Crippen molar-refractivity contribution in [3.8, 4) is 11.4 Å². The average molecular weight is 203 g/mol. The Morgan fingerprint density at radius 3 is 2.73 bits per heavy atom. The lowest BCUT2D eigenvalue weighted by atomic mass is 10.2. The van der Waals surface area contributed by atoms with Crippen molar-refractivity contribution in [3.05, 3.63) is 36.2 Å². The van der Waals surface area contributed by atoms with Gasteiger partial charge in [-0.3, -0.25) is 0 Å². The minimum atomic E-state index is 0.0362. The van der Waals surface area contributed by atoms with Crippen molar-refractivity contribution in [2.45, 2.75) is 19.4 Å². The molecule has 4 nitrogen and oxygen atoms in total. The summed E-state index contributed by atoms with van der Waals surface area (Å²) >= 11 is 0. The Hall–Kier alpha value is -1.68. The molecule has 2 N–H and O–H groups in total. The predicted octanol–water partition coefficient (Wildman–Crippen LogP) is 1.63. The molecule has 1 atom stereocenters. The molecular formula is C11H13N3O. The summed E-state index contributed by atoms with van der Waals surface area (Å²) in [6, 6.07) is 9.76. The van der Waals surface area contributed by atoms with E-state index in [1.807, 2.05) is 37.3 Å². The number of nitrogens with zero attached hydrogens (tertiary/aromatic N) is 2. The summed E-state index contributed by atoms with van der Waals surface area (Å²) in [4.78, 5) is 4.26. The SMILES string of the molecule is C[C@@H](N)Cc1nc(-c2ccccc2)no1. The molecule has 0 saturated heterocycles. The Kier molecular flexibility index (Phi) is 2.78. The first kappa shape index (κ1) is 9.86. The molecule has 0 aliphatic carbocycles. The van der Waals surface area contributed by atoms with Gasteiger partial charge >= 0.3 is 0 Å². The number of aromatic nitrogens is 2. The van der Waals surface area contributed by atoms with Gasteiger partial charge in [0, 0.05) is 18.0 Å². The Labute approximate surface area is 88.1 Å². The van der Waals surface area contributed by atoms with Gasteiger partial charge in [0.25, 0.3) is 0 Å². The van der Waals surface area contributed by atoms with Crippen LogP contribution in [0.15, 0.2) is 34.9 Å². The highest BCUT2D eigenvalue weighted by Crippen LogP contribution is 2.14. The van der Waals surface area contributed by atoms with Crippen molar-refractivity contribution in [2.24, 2.45) is 5.73 Å². The number of nitrogens with two attached hydrogens (primary N) is 1. The van der Waals surface area contributed by atoms with E-state index < -0.39 is 0 Å². The molecule has 1 aromatic carbocycles. The predicted molar refractivity (Wildman–Crippen MR) is 57.1 cm³/mol. The maximum Gasteiger partial charge on any atom is 0.228 e. The van der Waals surface area contributed by atoms with E-state index in [4.69, 9.17) is 10.3 Å². The highest BCUT2D eigenvalue weighted by atomic mass is 16.5. The third-order valence-corrected chi connectivity index (χ3v) is 2.00.